The van der Waals surface area contributed by atoms with Gasteiger partial charge in [-0.2, -0.15) is 0 Å². The molecular formula is C17H24ClN3O3. The van der Waals surface area contributed by atoms with E-state index >= 15 is 0 Å². The van der Waals surface area contributed by atoms with Crippen LogP contribution >= 0.6 is 11.6 Å². The molecule has 3 N–H and O–H groups in total. The molecule has 132 valence electrons. The largest absolute Gasteiger partial charge is 0.506 e. The quantitative estimate of drug-likeness (QED) is 0.685. The fourth-order valence-electron chi connectivity index (χ4n) is 2.72. The van der Waals surface area contributed by atoms with Crippen molar-refractivity contribution in [2.24, 2.45) is 5.92 Å². The van der Waals surface area contributed by atoms with E-state index in [1.807, 2.05) is 6.92 Å². The average molecular weight is 354 g/mol. The Morgan fingerprint density at radius 2 is 2.04 bits per heavy atom. The molecule has 0 spiro atoms. The van der Waals surface area contributed by atoms with Crippen LogP contribution in [0.1, 0.15) is 26.2 Å². The highest BCUT2D eigenvalue weighted by molar-refractivity contribution is 6.31. The Morgan fingerprint density at radius 3 is 2.71 bits per heavy atom. The van der Waals surface area contributed by atoms with Gasteiger partial charge in [0.2, 0.25) is 11.8 Å². The van der Waals surface area contributed by atoms with Crippen molar-refractivity contribution >= 4 is 29.1 Å². The number of amides is 2. The standard InChI is InChI=1S/C17H24ClN3O3/c1-2-7-19-16(23)11-21-8-5-12(6-9-21)17(24)20-14-10-13(18)3-4-15(14)22/h3-4,10,12,22H,2,5-9,11H2,1H3,(H,19,23)(H,20,24). The molecule has 24 heavy (non-hydrogen) atoms. The Morgan fingerprint density at radius 1 is 1.33 bits per heavy atom. The SMILES string of the molecule is CCCNC(=O)CN1CCC(C(=O)Nc2cc(Cl)ccc2O)CC1. The molecule has 0 aromatic heterocycles. The van der Waals surface area contributed by atoms with Crippen molar-refractivity contribution in [2.45, 2.75) is 26.2 Å². The van der Waals surface area contributed by atoms with Crippen molar-refractivity contribution in [3.63, 3.8) is 0 Å². The summed E-state index contributed by atoms with van der Waals surface area (Å²) in [5.41, 5.74) is 0.328. The number of rotatable bonds is 6. The van der Waals surface area contributed by atoms with E-state index in [9.17, 15) is 14.7 Å². The van der Waals surface area contributed by atoms with E-state index in [0.29, 0.717) is 49.7 Å². The number of hydrogen-bond acceptors (Lipinski definition) is 4. The van der Waals surface area contributed by atoms with Gasteiger partial charge in [0, 0.05) is 17.5 Å². The van der Waals surface area contributed by atoms with E-state index in [0.717, 1.165) is 6.42 Å². The summed E-state index contributed by atoms with van der Waals surface area (Å²) in [7, 11) is 0. The second-order valence-electron chi connectivity index (χ2n) is 6.05. The number of nitrogens with zero attached hydrogens (tertiary/aromatic N) is 1. The molecule has 1 fully saturated rings. The Hall–Kier alpha value is -1.79. The van der Waals surface area contributed by atoms with Crippen molar-refractivity contribution in [3.05, 3.63) is 23.2 Å². The average Bonchev–Trinajstić information content (AvgIpc) is 2.57. The number of phenols is 1. The molecule has 1 aromatic carbocycles. The smallest absolute Gasteiger partial charge is 0.234 e. The summed E-state index contributed by atoms with van der Waals surface area (Å²) < 4.78 is 0. The molecule has 1 saturated heterocycles. The van der Waals surface area contributed by atoms with Gasteiger partial charge in [-0.3, -0.25) is 14.5 Å². The first kappa shape index (κ1) is 18.5. The molecule has 0 aliphatic carbocycles. The van der Waals surface area contributed by atoms with E-state index in [4.69, 9.17) is 11.6 Å². The fraction of sp³-hybridized carbons (Fsp3) is 0.529. The first-order valence-corrected chi connectivity index (χ1v) is 8.65. The first-order chi connectivity index (χ1) is 11.5. The number of carbonyl (C=O) groups excluding carboxylic acids is 2. The minimum Gasteiger partial charge on any atom is -0.506 e. The molecule has 1 heterocycles. The van der Waals surface area contributed by atoms with Gasteiger partial charge in [0.15, 0.2) is 0 Å². The Kier molecular flexibility index (Phi) is 6.87. The van der Waals surface area contributed by atoms with E-state index < -0.39 is 0 Å². The van der Waals surface area contributed by atoms with Crippen LogP contribution in [-0.4, -0.2) is 48.0 Å². The minimum atomic E-state index is -0.127. The molecule has 0 saturated carbocycles. The first-order valence-electron chi connectivity index (χ1n) is 8.28. The normalized spacial score (nSPS) is 15.9. The second-order valence-corrected chi connectivity index (χ2v) is 6.49. The molecule has 2 amide bonds. The number of piperidine rings is 1. The van der Waals surface area contributed by atoms with E-state index in [2.05, 4.69) is 15.5 Å². The van der Waals surface area contributed by atoms with E-state index in [1.165, 1.54) is 12.1 Å². The number of nitrogens with one attached hydrogen (secondary N) is 2. The number of hydrogen-bond donors (Lipinski definition) is 3. The Balaban J connectivity index is 1.80. The van der Waals surface area contributed by atoms with Gasteiger partial charge >= 0.3 is 0 Å². The molecule has 1 aromatic rings. The maximum absolute atomic E-state index is 12.3. The molecule has 7 heteroatoms. The zero-order valence-electron chi connectivity index (χ0n) is 13.8. The molecular weight excluding hydrogens is 330 g/mol. The van der Waals surface area contributed by atoms with Gasteiger partial charge in [-0.1, -0.05) is 18.5 Å². The highest BCUT2D eigenvalue weighted by Crippen LogP contribution is 2.28. The van der Waals surface area contributed by atoms with Gasteiger partial charge in [-0.15, -0.1) is 0 Å². The zero-order chi connectivity index (χ0) is 17.5. The Labute approximate surface area is 147 Å². The third kappa shape index (κ3) is 5.39. The molecule has 2 rings (SSSR count). The number of phenolic OH excluding ortho intramolecular Hbond substituents is 1. The van der Waals surface area contributed by atoms with Crippen LogP contribution in [0.2, 0.25) is 5.02 Å². The van der Waals surface area contributed by atoms with Crippen molar-refractivity contribution in [2.75, 3.05) is 31.5 Å². The molecule has 0 bridgehead atoms. The fourth-order valence-corrected chi connectivity index (χ4v) is 2.89. The number of aromatic hydroxyl groups is 1. The minimum absolute atomic E-state index is 0.00205. The maximum atomic E-state index is 12.3. The summed E-state index contributed by atoms with van der Waals surface area (Å²) >= 11 is 5.88. The van der Waals surface area contributed by atoms with Gasteiger partial charge in [-0.25, -0.2) is 0 Å². The lowest BCUT2D eigenvalue weighted by Gasteiger charge is -2.30. The van der Waals surface area contributed by atoms with Crippen LogP contribution in [0.3, 0.4) is 0 Å². The van der Waals surface area contributed by atoms with Gasteiger partial charge in [-0.05, 0) is 50.6 Å². The number of halogens is 1. The molecule has 0 radical (unpaired) electrons. The van der Waals surface area contributed by atoms with Gasteiger partial charge in [0.05, 0.1) is 12.2 Å². The monoisotopic (exact) mass is 353 g/mol. The molecule has 1 aliphatic heterocycles. The Bertz CT molecular complexity index is 586. The molecule has 0 unspecified atom stereocenters. The summed E-state index contributed by atoms with van der Waals surface area (Å²) in [5.74, 6) is -0.220. The lowest BCUT2D eigenvalue weighted by molar-refractivity contribution is -0.123. The lowest BCUT2D eigenvalue weighted by atomic mass is 9.95. The highest BCUT2D eigenvalue weighted by atomic mass is 35.5. The van der Waals surface area contributed by atoms with Crippen LogP contribution in [0.5, 0.6) is 5.75 Å². The van der Waals surface area contributed by atoms with Crippen molar-refractivity contribution in [3.8, 4) is 5.75 Å². The van der Waals surface area contributed by atoms with Crippen LogP contribution in [0.15, 0.2) is 18.2 Å². The summed E-state index contributed by atoms with van der Waals surface area (Å²) in [4.78, 5) is 26.1. The van der Waals surface area contributed by atoms with E-state index in [-0.39, 0.29) is 23.5 Å². The van der Waals surface area contributed by atoms with Crippen LogP contribution in [-0.2, 0) is 9.59 Å². The van der Waals surface area contributed by atoms with Crippen molar-refractivity contribution in [1.82, 2.24) is 10.2 Å². The summed E-state index contributed by atoms with van der Waals surface area (Å²) in [6.45, 7) is 4.50. The van der Waals surface area contributed by atoms with Crippen LogP contribution in [0.25, 0.3) is 0 Å². The van der Waals surface area contributed by atoms with E-state index in [1.54, 1.807) is 6.07 Å². The van der Waals surface area contributed by atoms with Crippen LogP contribution in [0, 0.1) is 5.92 Å². The maximum Gasteiger partial charge on any atom is 0.234 e. The van der Waals surface area contributed by atoms with Crippen molar-refractivity contribution in [1.29, 1.82) is 0 Å². The zero-order valence-corrected chi connectivity index (χ0v) is 14.6. The predicted octanol–water partition coefficient (Wildman–Crippen LogP) is 2.22. The molecule has 1 aliphatic rings. The number of likely N-dealkylation sites (tertiary alicyclic amines) is 1. The van der Waals surface area contributed by atoms with Crippen LogP contribution in [0.4, 0.5) is 5.69 Å². The summed E-state index contributed by atoms with van der Waals surface area (Å²) in [5, 5.41) is 15.8. The molecule has 0 atom stereocenters. The van der Waals surface area contributed by atoms with Gasteiger partial charge in [0.25, 0.3) is 0 Å². The van der Waals surface area contributed by atoms with Gasteiger partial charge in [0.1, 0.15) is 5.75 Å². The third-order valence-electron chi connectivity index (χ3n) is 4.11. The lowest BCUT2D eigenvalue weighted by Crippen LogP contribution is -2.43. The van der Waals surface area contributed by atoms with Gasteiger partial charge < -0.3 is 15.7 Å². The highest BCUT2D eigenvalue weighted by Gasteiger charge is 2.26. The summed E-state index contributed by atoms with van der Waals surface area (Å²) in [6.07, 6.45) is 2.30. The molecule has 6 nitrogen and oxygen atoms in total. The summed E-state index contributed by atoms with van der Waals surface area (Å²) in [6, 6.07) is 4.55. The second kappa shape index (κ2) is 8.89. The predicted molar refractivity (Wildman–Crippen MR) is 94.2 cm³/mol. The topological polar surface area (TPSA) is 81.7 Å². The third-order valence-corrected chi connectivity index (χ3v) is 4.35. The number of benzene rings is 1. The van der Waals surface area contributed by atoms with Crippen LogP contribution < -0.4 is 10.6 Å². The van der Waals surface area contributed by atoms with Crippen molar-refractivity contribution < 1.29 is 14.7 Å². The number of carbonyl (C=O) groups is 2. The number of anilines is 1.